The molecule has 1 unspecified atom stereocenters. The highest BCUT2D eigenvalue weighted by Crippen LogP contribution is 2.30. The van der Waals surface area contributed by atoms with E-state index in [0.29, 0.717) is 6.04 Å². The first-order valence-corrected chi connectivity index (χ1v) is 6.76. The van der Waals surface area contributed by atoms with E-state index in [1.54, 1.807) is 0 Å². The Kier molecular flexibility index (Phi) is 2.67. The van der Waals surface area contributed by atoms with Gasteiger partial charge in [-0.25, -0.2) is 4.52 Å². The molecule has 0 amide bonds. The van der Waals surface area contributed by atoms with Crippen LogP contribution in [0.3, 0.4) is 0 Å². The van der Waals surface area contributed by atoms with E-state index in [-0.39, 0.29) is 0 Å². The smallest absolute Gasteiger partial charge is 0.175 e. The maximum Gasteiger partial charge on any atom is 0.175 e. The van der Waals surface area contributed by atoms with E-state index < -0.39 is 0 Å². The number of rotatable bonds is 2. The van der Waals surface area contributed by atoms with E-state index in [0.717, 1.165) is 34.6 Å². The lowest BCUT2D eigenvalue weighted by molar-refractivity contribution is -0.893. The van der Waals surface area contributed by atoms with Crippen molar-refractivity contribution in [2.24, 2.45) is 0 Å². The van der Waals surface area contributed by atoms with Crippen molar-refractivity contribution in [1.29, 1.82) is 0 Å². The van der Waals surface area contributed by atoms with Crippen molar-refractivity contribution < 1.29 is 4.48 Å². The van der Waals surface area contributed by atoms with Crippen LogP contribution in [0, 0.1) is 0 Å². The zero-order valence-corrected chi connectivity index (χ0v) is 11.9. The lowest BCUT2D eigenvalue weighted by Crippen LogP contribution is -2.46. The molecule has 19 heavy (non-hydrogen) atoms. The second-order valence-electron chi connectivity index (χ2n) is 6.27. The van der Waals surface area contributed by atoms with Gasteiger partial charge >= 0.3 is 0 Å². The third kappa shape index (κ3) is 2.04. The van der Waals surface area contributed by atoms with Crippen molar-refractivity contribution >= 4 is 17.0 Å². The number of nitrogen functional groups attached to an aromatic ring is 1. The Morgan fingerprint density at radius 1 is 1.32 bits per heavy atom. The van der Waals surface area contributed by atoms with Gasteiger partial charge in [0.15, 0.2) is 5.82 Å². The summed E-state index contributed by atoms with van der Waals surface area (Å²) in [4.78, 5) is 2.32. The van der Waals surface area contributed by atoms with Crippen LogP contribution in [0.25, 0.3) is 5.52 Å². The summed E-state index contributed by atoms with van der Waals surface area (Å²) in [5.41, 5.74) is 8.03. The minimum Gasteiger partial charge on any atom is -0.394 e. The average Bonchev–Trinajstić information content (AvgIpc) is 2.94. The number of fused-ring (bicyclic) bond motifs is 1. The van der Waals surface area contributed by atoms with Gasteiger partial charge in [0, 0.05) is 19.2 Å². The van der Waals surface area contributed by atoms with E-state index in [1.807, 2.05) is 28.9 Å². The number of quaternary nitrogens is 1. The van der Waals surface area contributed by atoms with Gasteiger partial charge < -0.3 is 15.1 Å². The molecule has 0 saturated carbocycles. The summed E-state index contributed by atoms with van der Waals surface area (Å²) in [5, 5.41) is 4.62. The average molecular weight is 260 g/mol. The molecule has 3 rings (SSSR count). The highest BCUT2D eigenvalue weighted by atomic mass is 15.4. The minimum atomic E-state index is 0.643. The zero-order valence-electron chi connectivity index (χ0n) is 11.9. The molecule has 0 bridgehead atoms. The SMILES string of the molecule is C[N+](C)(C)C1CCN(c2nn3ccccc3c2N)C1. The lowest BCUT2D eigenvalue weighted by Gasteiger charge is -2.31. The molecule has 0 aliphatic carbocycles. The van der Waals surface area contributed by atoms with Crippen LogP contribution in [0.1, 0.15) is 6.42 Å². The Balaban J connectivity index is 1.92. The monoisotopic (exact) mass is 260 g/mol. The van der Waals surface area contributed by atoms with Crippen LogP contribution < -0.4 is 10.6 Å². The molecule has 2 aromatic rings. The third-order valence-corrected chi connectivity index (χ3v) is 4.12. The molecule has 5 heteroatoms. The first-order valence-electron chi connectivity index (χ1n) is 6.76. The Labute approximate surface area is 113 Å². The van der Waals surface area contributed by atoms with Gasteiger partial charge in [-0.05, 0) is 12.1 Å². The number of nitrogens with zero attached hydrogens (tertiary/aromatic N) is 4. The van der Waals surface area contributed by atoms with Crippen molar-refractivity contribution in [3.05, 3.63) is 24.4 Å². The van der Waals surface area contributed by atoms with Gasteiger partial charge in [-0.15, -0.1) is 5.10 Å². The summed E-state index contributed by atoms with van der Waals surface area (Å²) in [7, 11) is 6.75. The van der Waals surface area contributed by atoms with Crippen LogP contribution in [0.5, 0.6) is 0 Å². The van der Waals surface area contributed by atoms with Crippen LogP contribution in [-0.2, 0) is 0 Å². The summed E-state index contributed by atoms with van der Waals surface area (Å²) in [6, 6.07) is 6.63. The summed E-state index contributed by atoms with van der Waals surface area (Å²) < 4.78 is 2.85. The number of hydrogen-bond donors (Lipinski definition) is 1. The quantitative estimate of drug-likeness (QED) is 0.825. The highest BCUT2D eigenvalue weighted by molar-refractivity contribution is 5.81. The maximum absolute atomic E-state index is 6.24. The van der Waals surface area contributed by atoms with E-state index in [2.05, 4.69) is 31.1 Å². The van der Waals surface area contributed by atoms with Crippen molar-refractivity contribution in [2.45, 2.75) is 12.5 Å². The summed E-state index contributed by atoms with van der Waals surface area (Å²) in [6.07, 6.45) is 3.14. The molecule has 5 nitrogen and oxygen atoms in total. The molecular weight excluding hydrogens is 238 g/mol. The van der Waals surface area contributed by atoms with Gasteiger partial charge in [-0.2, -0.15) is 0 Å². The first-order chi connectivity index (χ1) is 8.97. The van der Waals surface area contributed by atoms with Crippen LogP contribution in [-0.4, -0.2) is 54.4 Å². The molecule has 0 spiro atoms. The number of aromatic nitrogens is 2. The van der Waals surface area contributed by atoms with Crippen molar-refractivity contribution in [2.75, 3.05) is 44.9 Å². The molecule has 3 heterocycles. The number of likely N-dealkylation sites (N-methyl/N-ethyl adjacent to an activating group) is 1. The number of hydrogen-bond acceptors (Lipinski definition) is 3. The Bertz CT molecular complexity index is 595. The van der Waals surface area contributed by atoms with E-state index in [4.69, 9.17) is 5.73 Å². The molecule has 2 N–H and O–H groups in total. The topological polar surface area (TPSA) is 46.6 Å². The number of anilines is 2. The number of nitrogens with two attached hydrogens (primary N) is 1. The van der Waals surface area contributed by atoms with E-state index in [9.17, 15) is 0 Å². The van der Waals surface area contributed by atoms with Crippen LogP contribution in [0.4, 0.5) is 11.5 Å². The second kappa shape index (κ2) is 4.13. The summed E-state index contributed by atoms with van der Waals surface area (Å²) in [5.74, 6) is 0.933. The molecule has 1 saturated heterocycles. The molecular formula is C14H22N5+. The fourth-order valence-electron chi connectivity index (χ4n) is 2.81. The molecule has 2 aromatic heterocycles. The lowest BCUT2D eigenvalue weighted by atomic mass is 10.2. The molecule has 102 valence electrons. The molecule has 1 aliphatic heterocycles. The standard InChI is InChI=1S/C14H22N5/c1-19(2,3)11-7-9-17(10-11)14-13(15)12-6-4-5-8-18(12)16-14/h4-6,8,11H,7,9-10,15H2,1-3H3/q+1. The fraction of sp³-hybridized carbons (Fsp3) is 0.500. The molecule has 1 atom stereocenters. The van der Waals surface area contributed by atoms with Gasteiger partial charge in [-0.1, -0.05) is 6.07 Å². The summed E-state index contributed by atoms with van der Waals surface area (Å²) in [6.45, 7) is 2.06. The predicted octanol–water partition coefficient (Wildman–Crippen LogP) is 1.20. The first kappa shape index (κ1) is 12.3. The van der Waals surface area contributed by atoms with Crippen molar-refractivity contribution in [1.82, 2.24) is 9.61 Å². The molecule has 1 fully saturated rings. The van der Waals surface area contributed by atoms with Crippen molar-refractivity contribution in [3.8, 4) is 0 Å². The minimum absolute atomic E-state index is 0.643. The Morgan fingerprint density at radius 3 is 2.74 bits per heavy atom. The normalized spacial score (nSPS) is 20.4. The maximum atomic E-state index is 6.24. The fourth-order valence-corrected chi connectivity index (χ4v) is 2.81. The Hall–Kier alpha value is -1.75. The van der Waals surface area contributed by atoms with E-state index in [1.165, 1.54) is 6.42 Å². The van der Waals surface area contributed by atoms with Gasteiger partial charge in [0.1, 0.15) is 11.7 Å². The predicted molar refractivity (Wildman–Crippen MR) is 78.3 cm³/mol. The van der Waals surface area contributed by atoms with Crippen molar-refractivity contribution in [3.63, 3.8) is 0 Å². The van der Waals surface area contributed by atoms with Crippen LogP contribution >= 0.6 is 0 Å². The molecule has 0 radical (unpaired) electrons. The highest BCUT2D eigenvalue weighted by Gasteiger charge is 2.34. The third-order valence-electron chi connectivity index (χ3n) is 4.12. The largest absolute Gasteiger partial charge is 0.394 e. The van der Waals surface area contributed by atoms with E-state index >= 15 is 0 Å². The molecule has 0 aromatic carbocycles. The second-order valence-corrected chi connectivity index (χ2v) is 6.27. The number of pyridine rings is 1. The van der Waals surface area contributed by atoms with Gasteiger partial charge in [0.05, 0.1) is 33.2 Å². The Morgan fingerprint density at radius 2 is 2.11 bits per heavy atom. The van der Waals surface area contributed by atoms with Crippen LogP contribution in [0.15, 0.2) is 24.4 Å². The summed E-state index contributed by atoms with van der Waals surface area (Å²) >= 11 is 0. The van der Waals surface area contributed by atoms with Gasteiger partial charge in [-0.3, -0.25) is 0 Å². The van der Waals surface area contributed by atoms with Crippen LogP contribution in [0.2, 0.25) is 0 Å². The zero-order chi connectivity index (χ0) is 13.6. The van der Waals surface area contributed by atoms with Gasteiger partial charge in [0.25, 0.3) is 0 Å². The van der Waals surface area contributed by atoms with Gasteiger partial charge in [0.2, 0.25) is 0 Å². The molecule has 1 aliphatic rings.